The molecule has 0 radical (unpaired) electrons. The summed E-state index contributed by atoms with van der Waals surface area (Å²) in [4.78, 5) is 9.11. The number of nitrogen functional groups attached to an aromatic ring is 1. The Balaban J connectivity index is 1.99. The zero-order valence-electron chi connectivity index (χ0n) is 10.8. The Morgan fingerprint density at radius 2 is 2.41 bits per heavy atom. The van der Waals surface area contributed by atoms with E-state index in [1.165, 1.54) is 19.4 Å². The average Bonchev–Trinajstić information content (AvgIpc) is 2.76. The summed E-state index contributed by atoms with van der Waals surface area (Å²) in [6.07, 6.45) is 4.38. The van der Waals surface area contributed by atoms with Crippen molar-refractivity contribution >= 4 is 11.5 Å². The summed E-state index contributed by atoms with van der Waals surface area (Å²) in [6.45, 7) is 5.64. The number of likely N-dealkylation sites (tertiary alicyclic amines) is 1. The third kappa shape index (κ3) is 2.88. The molecule has 0 saturated carbocycles. The Bertz CT molecular complexity index is 366. The van der Waals surface area contributed by atoms with Gasteiger partial charge in [-0.05, 0) is 32.0 Å². The van der Waals surface area contributed by atoms with Crippen LogP contribution in [0.3, 0.4) is 0 Å². The average molecular weight is 234 g/mol. The minimum absolute atomic E-state index is 0.660. The highest BCUT2D eigenvalue weighted by molar-refractivity contribution is 5.49. The van der Waals surface area contributed by atoms with Gasteiger partial charge < -0.3 is 10.6 Å². The van der Waals surface area contributed by atoms with Crippen molar-refractivity contribution in [3.63, 3.8) is 0 Å². The molecule has 2 rings (SSSR count). The molecule has 1 fully saturated rings. The van der Waals surface area contributed by atoms with E-state index in [0.717, 1.165) is 24.6 Å². The molecule has 0 bridgehead atoms. The predicted molar refractivity (Wildman–Crippen MR) is 72.2 cm³/mol. The van der Waals surface area contributed by atoms with Crippen LogP contribution >= 0.6 is 0 Å². The van der Waals surface area contributed by atoms with E-state index in [9.17, 15) is 0 Å². The molecule has 2 N–H and O–H groups in total. The summed E-state index contributed by atoms with van der Waals surface area (Å²) >= 11 is 0. The van der Waals surface area contributed by atoms with Crippen molar-refractivity contribution < 1.29 is 0 Å². The van der Waals surface area contributed by atoms with Gasteiger partial charge in [0, 0.05) is 37.6 Å². The van der Waals surface area contributed by atoms with Gasteiger partial charge >= 0.3 is 0 Å². The maximum atomic E-state index is 5.78. The summed E-state index contributed by atoms with van der Waals surface area (Å²) in [7, 11) is 2.09. The van der Waals surface area contributed by atoms with Crippen LogP contribution < -0.4 is 10.6 Å². The maximum absolute atomic E-state index is 5.78. The Kier molecular flexibility index (Phi) is 3.84. The van der Waals surface area contributed by atoms with Crippen molar-refractivity contribution in [2.24, 2.45) is 0 Å². The van der Waals surface area contributed by atoms with Gasteiger partial charge in [0.25, 0.3) is 0 Å². The Hall–Kier alpha value is -1.29. The van der Waals surface area contributed by atoms with Crippen LogP contribution in [0.25, 0.3) is 0 Å². The highest BCUT2D eigenvalue weighted by atomic mass is 15.2. The van der Waals surface area contributed by atoms with Crippen molar-refractivity contribution in [1.82, 2.24) is 9.88 Å². The number of nitrogens with zero attached hydrogens (tertiary/aromatic N) is 3. The standard InChI is InChI=1S/C13H22N4/c1-3-17-8-4-5-12(17)10-16(2)13-9-11(14)6-7-15-13/h6-7,9,12H,3-5,8,10H2,1-2H3,(H2,14,15). The topological polar surface area (TPSA) is 45.4 Å². The molecule has 4 nitrogen and oxygen atoms in total. The van der Waals surface area contributed by atoms with Crippen LogP contribution in [-0.4, -0.2) is 42.6 Å². The smallest absolute Gasteiger partial charge is 0.130 e. The summed E-state index contributed by atoms with van der Waals surface area (Å²) in [5.41, 5.74) is 6.56. The third-order valence-electron chi connectivity index (χ3n) is 3.55. The number of hydrogen-bond acceptors (Lipinski definition) is 4. The first-order valence-corrected chi connectivity index (χ1v) is 6.37. The van der Waals surface area contributed by atoms with Gasteiger partial charge in [0.2, 0.25) is 0 Å². The predicted octanol–water partition coefficient (Wildman–Crippen LogP) is 1.58. The molecule has 2 heterocycles. The fourth-order valence-corrected chi connectivity index (χ4v) is 2.57. The normalized spacial score (nSPS) is 20.7. The van der Waals surface area contributed by atoms with Crippen molar-refractivity contribution in [2.75, 3.05) is 37.3 Å². The maximum Gasteiger partial charge on any atom is 0.130 e. The number of hydrogen-bond donors (Lipinski definition) is 1. The van der Waals surface area contributed by atoms with Gasteiger partial charge in [0.1, 0.15) is 5.82 Å². The van der Waals surface area contributed by atoms with E-state index in [-0.39, 0.29) is 0 Å². The van der Waals surface area contributed by atoms with Crippen LogP contribution in [0.15, 0.2) is 18.3 Å². The molecule has 1 unspecified atom stereocenters. The quantitative estimate of drug-likeness (QED) is 0.859. The Morgan fingerprint density at radius 1 is 1.59 bits per heavy atom. The second-order valence-electron chi connectivity index (χ2n) is 4.75. The molecule has 1 aliphatic heterocycles. The fraction of sp³-hybridized carbons (Fsp3) is 0.615. The lowest BCUT2D eigenvalue weighted by molar-refractivity contribution is 0.270. The molecular weight excluding hydrogens is 212 g/mol. The molecule has 94 valence electrons. The van der Waals surface area contributed by atoms with Crippen LogP contribution in [0.4, 0.5) is 11.5 Å². The molecule has 1 aromatic rings. The second-order valence-corrected chi connectivity index (χ2v) is 4.75. The molecule has 1 aromatic heterocycles. The molecule has 0 aromatic carbocycles. The Labute approximate surface area is 103 Å². The molecule has 0 spiro atoms. The first-order valence-electron chi connectivity index (χ1n) is 6.37. The molecular formula is C13H22N4. The molecule has 1 atom stereocenters. The zero-order valence-corrected chi connectivity index (χ0v) is 10.8. The first-order chi connectivity index (χ1) is 8.20. The van der Waals surface area contributed by atoms with Gasteiger partial charge in [-0.25, -0.2) is 4.98 Å². The highest BCUT2D eigenvalue weighted by Gasteiger charge is 2.24. The van der Waals surface area contributed by atoms with Crippen molar-refractivity contribution in [3.05, 3.63) is 18.3 Å². The summed E-state index contributed by atoms with van der Waals surface area (Å²) in [5.74, 6) is 0.966. The van der Waals surface area contributed by atoms with E-state index < -0.39 is 0 Å². The van der Waals surface area contributed by atoms with Gasteiger partial charge in [0.05, 0.1) is 0 Å². The zero-order chi connectivity index (χ0) is 12.3. The fourth-order valence-electron chi connectivity index (χ4n) is 2.57. The van der Waals surface area contributed by atoms with E-state index in [1.54, 1.807) is 6.20 Å². The number of anilines is 2. The second kappa shape index (κ2) is 5.36. The number of rotatable bonds is 4. The van der Waals surface area contributed by atoms with Crippen LogP contribution in [0, 0.1) is 0 Å². The molecule has 1 saturated heterocycles. The number of likely N-dealkylation sites (N-methyl/N-ethyl adjacent to an activating group) is 2. The first kappa shape index (κ1) is 12.2. The van der Waals surface area contributed by atoms with E-state index in [2.05, 4.69) is 28.8 Å². The molecule has 4 heteroatoms. The van der Waals surface area contributed by atoms with Crippen molar-refractivity contribution in [3.8, 4) is 0 Å². The van der Waals surface area contributed by atoms with E-state index in [4.69, 9.17) is 5.73 Å². The lowest BCUT2D eigenvalue weighted by Crippen LogP contribution is -2.39. The van der Waals surface area contributed by atoms with Crippen molar-refractivity contribution in [2.45, 2.75) is 25.8 Å². The summed E-state index contributed by atoms with van der Waals surface area (Å²) in [6, 6.07) is 4.42. The minimum Gasteiger partial charge on any atom is -0.399 e. The van der Waals surface area contributed by atoms with Crippen LogP contribution in [0.2, 0.25) is 0 Å². The van der Waals surface area contributed by atoms with Gasteiger partial charge in [-0.1, -0.05) is 6.92 Å². The Morgan fingerprint density at radius 3 is 3.12 bits per heavy atom. The van der Waals surface area contributed by atoms with Gasteiger partial charge in [-0.15, -0.1) is 0 Å². The van der Waals surface area contributed by atoms with Crippen molar-refractivity contribution in [1.29, 1.82) is 0 Å². The largest absolute Gasteiger partial charge is 0.399 e. The highest BCUT2D eigenvalue weighted by Crippen LogP contribution is 2.20. The van der Waals surface area contributed by atoms with Gasteiger partial charge in [0.15, 0.2) is 0 Å². The van der Waals surface area contributed by atoms with Gasteiger partial charge in [-0.3, -0.25) is 4.90 Å². The monoisotopic (exact) mass is 234 g/mol. The van der Waals surface area contributed by atoms with Crippen LogP contribution in [0.5, 0.6) is 0 Å². The lowest BCUT2D eigenvalue weighted by Gasteiger charge is -2.28. The number of aromatic nitrogens is 1. The van der Waals surface area contributed by atoms with E-state index in [0.29, 0.717) is 6.04 Å². The third-order valence-corrected chi connectivity index (χ3v) is 3.55. The molecule has 1 aliphatic rings. The molecule has 0 amide bonds. The number of nitrogens with two attached hydrogens (primary N) is 1. The molecule has 0 aliphatic carbocycles. The SMILES string of the molecule is CCN1CCCC1CN(C)c1cc(N)ccn1. The minimum atomic E-state index is 0.660. The summed E-state index contributed by atoms with van der Waals surface area (Å²) < 4.78 is 0. The van der Waals surface area contributed by atoms with E-state index in [1.807, 2.05) is 12.1 Å². The van der Waals surface area contributed by atoms with Gasteiger partial charge in [-0.2, -0.15) is 0 Å². The van der Waals surface area contributed by atoms with Crippen LogP contribution in [-0.2, 0) is 0 Å². The molecule has 17 heavy (non-hydrogen) atoms. The lowest BCUT2D eigenvalue weighted by atomic mass is 10.2. The number of pyridine rings is 1. The van der Waals surface area contributed by atoms with Crippen LogP contribution in [0.1, 0.15) is 19.8 Å². The van der Waals surface area contributed by atoms with E-state index >= 15 is 0 Å². The summed E-state index contributed by atoms with van der Waals surface area (Å²) in [5, 5.41) is 0.